The van der Waals surface area contributed by atoms with Crippen LogP contribution in [0.15, 0.2) is 168 Å². The van der Waals surface area contributed by atoms with Crippen LogP contribution < -0.4 is 0 Å². The van der Waals surface area contributed by atoms with Crippen molar-refractivity contribution in [3.8, 4) is 45.3 Å². The van der Waals surface area contributed by atoms with E-state index in [1.165, 1.54) is 41.9 Å². The summed E-state index contributed by atoms with van der Waals surface area (Å²) < 4.78 is 8.84. The van der Waals surface area contributed by atoms with Gasteiger partial charge < -0.3 is 4.42 Å². The molecule has 0 radical (unpaired) electrons. The molecule has 3 aromatic heterocycles. The number of hydrogen-bond donors (Lipinski definition) is 0. The summed E-state index contributed by atoms with van der Waals surface area (Å²) in [5.41, 5.74) is 6.75. The monoisotopic (exact) mass is 681 g/mol. The number of benzene rings is 8. The molecule has 11 aromatic rings. The molecule has 3 heterocycles. The summed E-state index contributed by atoms with van der Waals surface area (Å²) >= 11 is 1.85. The second-order valence-electron chi connectivity index (χ2n) is 13.2. The lowest BCUT2D eigenvalue weighted by molar-refractivity contribution is 0.669. The van der Waals surface area contributed by atoms with Crippen LogP contribution in [0.1, 0.15) is 0 Å². The Morgan fingerprint density at radius 1 is 0.365 bits per heavy atom. The second kappa shape index (κ2) is 11.4. The molecule has 4 nitrogen and oxygen atoms in total. The van der Waals surface area contributed by atoms with E-state index in [1.54, 1.807) is 0 Å². The summed E-state index contributed by atoms with van der Waals surface area (Å²) in [4.78, 5) is 15.4. The molecule has 0 fully saturated rings. The van der Waals surface area contributed by atoms with Crippen molar-refractivity contribution in [2.24, 2.45) is 0 Å². The molecule has 0 spiro atoms. The third kappa shape index (κ3) is 4.57. The number of rotatable bonds is 4. The van der Waals surface area contributed by atoms with Crippen LogP contribution in [0.25, 0.3) is 109 Å². The van der Waals surface area contributed by atoms with Crippen molar-refractivity contribution in [1.82, 2.24) is 15.0 Å². The molecule has 0 N–H and O–H groups in total. The minimum Gasteiger partial charge on any atom is -0.456 e. The fourth-order valence-corrected chi connectivity index (χ4v) is 8.87. The zero-order valence-corrected chi connectivity index (χ0v) is 28.6. The van der Waals surface area contributed by atoms with Crippen LogP contribution in [0, 0.1) is 0 Å². The van der Waals surface area contributed by atoms with Gasteiger partial charge in [0.05, 0.1) is 0 Å². The van der Waals surface area contributed by atoms with E-state index in [9.17, 15) is 0 Å². The standard InChI is InChI=1S/C47H27N3OS/c1-2-12-29(13-3-1)45-48-46(30-22-24-35-34-15-6-8-19-41(34)51-42(35)27-30)50-47(49-45)31-25-39-32-14-5-4-11-28(32)21-23-33(39)40(26-31)38-18-10-17-37-36-16-7-9-20-43(36)52-44(37)38/h1-27H. The van der Waals surface area contributed by atoms with Crippen LogP contribution in [0.3, 0.4) is 0 Å². The molecule has 52 heavy (non-hydrogen) atoms. The van der Waals surface area contributed by atoms with Crippen molar-refractivity contribution in [3.63, 3.8) is 0 Å². The lowest BCUT2D eigenvalue weighted by atomic mass is 9.91. The maximum atomic E-state index is 6.28. The summed E-state index contributed by atoms with van der Waals surface area (Å²) in [7, 11) is 0. The Bertz CT molecular complexity index is 3200. The number of fused-ring (bicyclic) bond motifs is 9. The molecule has 242 valence electrons. The SMILES string of the molecule is c1ccc(-c2nc(-c3ccc4c(c3)oc3ccccc34)nc(-c3cc(-c4cccc5c4sc4ccccc45)c4ccc5ccccc5c4c3)n2)cc1. The number of furan rings is 1. The van der Waals surface area contributed by atoms with Crippen molar-refractivity contribution in [3.05, 3.63) is 164 Å². The molecule has 8 aromatic carbocycles. The van der Waals surface area contributed by atoms with Gasteiger partial charge in [-0.05, 0) is 63.5 Å². The zero-order valence-electron chi connectivity index (χ0n) is 27.7. The van der Waals surface area contributed by atoms with Crippen molar-refractivity contribution in [2.45, 2.75) is 0 Å². The summed E-state index contributed by atoms with van der Waals surface area (Å²) in [5.74, 6) is 1.84. The fraction of sp³-hybridized carbons (Fsp3) is 0. The Kier molecular flexibility index (Phi) is 6.39. The molecular weight excluding hydrogens is 655 g/mol. The maximum absolute atomic E-state index is 6.28. The first kappa shape index (κ1) is 29.1. The number of aromatic nitrogens is 3. The summed E-state index contributed by atoms with van der Waals surface area (Å²) in [6, 6.07) is 57.5. The van der Waals surface area contributed by atoms with Crippen LogP contribution in [-0.4, -0.2) is 15.0 Å². The second-order valence-corrected chi connectivity index (χ2v) is 14.2. The fourth-order valence-electron chi connectivity index (χ4n) is 7.64. The van der Waals surface area contributed by atoms with E-state index in [0.717, 1.165) is 49.6 Å². The highest BCUT2D eigenvalue weighted by Gasteiger charge is 2.19. The number of nitrogens with zero attached hydrogens (tertiary/aromatic N) is 3. The van der Waals surface area contributed by atoms with E-state index >= 15 is 0 Å². The van der Waals surface area contributed by atoms with E-state index in [0.29, 0.717) is 17.5 Å². The predicted molar refractivity (Wildman–Crippen MR) is 217 cm³/mol. The number of thiophene rings is 1. The van der Waals surface area contributed by atoms with E-state index in [-0.39, 0.29) is 0 Å². The first-order valence-electron chi connectivity index (χ1n) is 17.3. The first-order valence-corrected chi connectivity index (χ1v) is 18.2. The van der Waals surface area contributed by atoms with Crippen LogP contribution in [0.5, 0.6) is 0 Å². The zero-order chi connectivity index (χ0) is 34.2. The molecule has 11 rings (SSSR count). The van der Waals surface area contributed by atoms with Crippen molar-refractivity contribution < 1.29 is 4.42 Å². The van der Waals surface area contributed by atoms with E-state index in [1.807, 2.05) is 65.9 Å². The van der Waals surface area contributed by atoms with E-state index in [2.05, 4.69) is 109 Å². The Hall–Kier alpha value is -6.69. The average molecular weight is 682 g/mol. The number of hydrogen-bond acceptors (Lipinski definition) is 5. The minimum absolute atomic E-state index is 0.595. The largest absolute Gasteiger partial charge is 0.456 e. The Balaban J connectivity index is 1.19. The smallest absolute Gasteiger partial charge is 0.164 e. The van der Waals surface area contributed by atoms with Crippen LogP contribution in [0.4, 0.5) is 0 Å². The van der Waals surface area contributed by atoms with Gasteiger partial charge in [-0.25, -0.2) is 15.0 Å². The number of para-hydroxylation sites is 1. The molecule has 0 aliphatic carbocycles. The van der Waals surface area contributed by atoms with Gasteiger partial charge in [0.25, 0.3) is 0 Å². The van der Waals surface area contributed by atoms with E-state index in [4.69, 9.17) is 19.4 Å². The Labute approximate surface area is 302 Å². The Morgan fingerprint density at radius 2 is 1.04 bits per heavy atom. The van der Waals surface area contributed by atoms with Gasteiger partial charge in [0.2, 0.25) is 0 Å². The molecule has 0 unspecified atom stereocenters. The summed E-state index contributed by atoms with van der Waals surface area (Å²) in [6.07, 6.45) is 0. The average Bonchev–Trinajstić information content (AvgIpc) is 3.79. The molecule has 0 atom stereocenters. The first-order chi connectivity index (χ1) is 25.7. The van der Waals surface area contributed by atoms with E-state index < -0.39 is 0 Å². The van der Waals surface area contributed by atoms with Gasteiger partial charge in [0.1, 0.15) is 11.2 Å². The predicted octanol–water partition coefficient (Wildman–Crippen LogP) is 13.1. The summed E-state index contributed by atoms with van der Waals surface area (Å²) in [5, 5.41) is 9.46. The van der Waals surface area contributed by atoms with Crippen molar-refractivity contribution >= 4 is 75.0 Å². The van der Waals surface area contributed by atoms with Crippen LogP contribution in [-0.2, 0) is 0 Å². The Morgan fingerprint density at radius 3 is 1.92 bits per heavy atom. The lowest BCUT2D eigenvalue weighted by Crippen LogP contribution is -2.00. The van der Waals surface area contributed by atoms with Gasteiger partial charge in [-0.2, -0.15) is 0 Å². The third-order valence-corrected chi connectivity index (χ3v) is 11.3. The quantitative estimate of drug-likeness (QED) is 0.174. The van der Waals surface area contributed by atoms with Gasteiger partial charge in [0, 0.05) is 53.2 Å². The normalized spacial score (nSPS) is 11.8. The molecule has 0 amide bonds. The minimum atomic E-state index is 0.595. The van der Waals surface area contributed by atoms with Crippen LogP contribution >= 0.6 is 11.3 Å². The highest BCUT2D eigenvalue weighted by molar-refractivity contribution is 7.26. The topological polar surface area (TPSA) is 51.8 Å². The van der Waals surface area contributed by atoms with Gasteiger partial charge in [-0.1, -0.05) is 127 Å². The highest BCUT2D eigenvalue weighted by Crippen LogP contribution is 2.44. The van der Waals surface area contributed by atoms with Crippen LogP contribution in [0.2, 0.25) is 0 Å². The molecule has 0 saturated carbocycles. The molecule has 0 saturated heterocycles. The van der Waals surface area contributed by atoms with Crippen molar-refractivity contribution in [1.29, 1.82) is 0 Å². The van der Waals surface area contributed by atoms with Gasteiger partial charge >= 0.3 is 0 Å². The molecular formula is C47H27N3OS. The summed E-state index contributed by atoms with van der Waals surface area (Å²) in [6.45, 7) is 0. The molecule has 0 bridgehead atoms. The third-order valence-electron chi connectivity index (χ3n) is 10.1. The van der Waals surface area contributed by atoms with Gasteiger partial charge in [-0.3, -0.25) is 0 Å². The molecule has 5 heteroatoms. The van der Waals surface area contributed by atoms with Gasteiger partial charge in [0.15, 0.2) is 17.5 Å². The van der Waals surface area contributed by atoms with Gasteiger partial charge in [-0.15, -0.1) is 11.3 Å². The van der Waals surface area contributed by atoms with Crippen molar-refractivity contribution in [2.75, 3.05) is 0 Å². The highest BCUT2D eigenvalue weighted by atomic mass is 32.1. The maximum Gasteiger partial charge on any atom is 0.164 e. The molecule has 0 aliphatic heterocycles. The molecule has 0 aliphatic rings. The lowest BCUT2D eigenvalue weighted by Gasteiger charge is -2.14.